The van der Waals surface area contributed by atoms with E-state index in [-0.39, 0.29) is 0 Å². The Labute approximate surface area is 113 Å². The Morgan fingerprint density at radius 3 is 2.44 bits per heavy atom. The average molecular weight is 270 g/mol. The normalized spacial score (nSPS) is 12.7. The van der Waals surface area contributed by atoms with E-state index in [9.17, 15) is 9.90 Å². The lowest BCUT2D eigenvalue weighted by Gasteiger charge is -2.26. The highest BCUT2D eigenvalue weighted by atomic mass is 35.5. The van der Waals surface area contributed by atoms with Crippen molar-refractivity contribution in [1.29, 1.82) is 0 Å². The van der Waals surface area contributed by atoms with Gasteiger partial charge < -0.3 is 5.11 Å². The first kappa shape index (κ1) is 15.0. The van der Waals surface area contributed by atoms with Crippen molar-refractivity contribution in [3.05, 3.63) is 34.3 Å². The van der Waals surface area contributed by atoms with Crippen molar-refractivity contribution >= 4 is 17.6 Å². The van der Waals surface area contributed by atoms with Gasteiger partial charge in [0.1, 0.15) is 6.04 Å². The maximum atomic E-state index is 11.3. The highest BCUT2D eigenvalue weighted by Gasteiger charge is 2.23. The van der Waals surface area contributed by atoms with Crippen molar-refractivity contribution in [3.63, 3.8) is 0 Å². The molecule has 3 nitrogen and oxygen atoms in total. The van der Waals surface area contributed by atoms with Crippen LogP contribution in [-0.2, 0) is 11.2 Å². The molecule has 1 rings (SSSR count). The number of aryl methyl sites for hydroxylation is 1. The second-order valence-corrected chi connectivity index (χ2v) is 4.77. The Morgan fingerprint density at radius 1 is 1.39 bits per heavy atom. The fraction of sp³-hybridized carbons (Fsp3) is 0.500. The molecule has 4 heteroatoms. The molecule has 0 saturated carbocycles. The van der Waals surface area contributed by atoms with E-state index in [1.807, 2.05) is 43.9 Å². The number of hydrogen-bond donors (Lipinski definition) is 1. The Bertz CT molecular complexity index is 416. The third-order valence-corrected chi connectivity index (χ3v) is 3.61. The molecule has 100 valence electrons. The third-order valence-electron chi connectivity index (χ3n) is 3.20. The number of nitrogens with zero attached hydrogens (tertiary/aromatic N) is 1. The minimum atomic E-state index is -0.782. The van der Waals surface area contributed by atoms with Crippen LogP contribution >= 0.6 is 11.6 Å². The first-order valence-electron chi connectivity index (χ1n) is 6.21. The molecule has 0 aliphatic carbocycles. The molecule has 0 spiro atoms. The van der Waals surface area contributed by atoms with Crippen LogP contribution in [0.5, 0.6) is 0 Å². The van der Waals surface area contributed by atoms with E-state index in [4.69, 9.17) is 11.6 Å². The number of halogens is 1. The lowest BCUT2D eigenvalue weighted by Crippen LogP contribution is -2.42. The van der Waals surface area contributed by atoms with E-state index >= 15 is 0 Å². The van der Waals surface area contributed by atoms with Crippen LogP contribution in [-0.4, -0.2) is 35.1 Å². The Hall–Kier alpha value is -1.06. The van der Waals surface area contributed by atoms with Crippen LogP contribution < -0.4 is 0 Å². The molecular weight excluding hydrogens is 250 g/mol. The molecule has 0 aromatic heterocycles. The largest absolute Gasteiger partial charge is 0.480 e. The topological polar surface area (TPSA) is 40.5 Å². The lowest BCUT2D eigenvalue weighted by molar-refractivity contribution is -0.143. The van der Waals surface area contributed by atoms with Crippen molar-refractivity contribution in [2.75, 3.05) is 13.1 Å². The molecule has 0 unspecified atom stereocenters. The van der Waals surface area contributed by atoms with Crippen LogP contribution in [0.15, 0.2) is 18.2 Å². The molecule has 0 bridgehead atoms. The number of aliphatic carboxylic acids is 1. The van der Waals surface area contributed by atoms with Gasteiger partial charge in [0.05, 0.1) is 0 Å². The van der Waals surface area contributed by atoms with Crippen LogP contribution in [0.4, 0.5) is 0 Å². The van der Waals surface area contributed by atoms with Crippen LogP contribution in [0.3, 0.4) is 0 Å². The summed E-state index contributed by atoms with van der Waals surface area (Å²) in [5.74, 6) is -0.782. The van der Waals surface area contributed by atoms with Gasteiger partial charge in [-0.25, -0.2) is 0 Å². The van der Waals surface area contributed by atoms with Gasteiger partial charge in [-0.1, -0.05) is 37.6 Å². The van der Waals surface area contributed by atoms with E-state index in [2.05, 4.69) is 0 Å². The molecule has 1 aromatic carbocycles. The van der Waals surface area contributed by atoms with E-state index in [0.29, 0.717) is 11.4 Å². The van der Waals surface area contributed by atoms with Gasteiger partial charge in [-0.3, -0.25) is 9.69 Å². The first-order chi connectivity index (χ1) is 8.49. The number of carboxylic acids is 1. The zero-order valence-electron chi connectivity index (χ0n) is 11.1. The number of benzene rings is 1. The minimum Gasteiger partial charge on any atom is -0.480 e. The van der Waals surface area contributed by atoms with Gasteiger partial charge >= 0.3 is 5.97 Å². The quantitative estimate of drug-likeness (QED) is 0.863. The van der Waals surface area contributed by atoms with Crippen molar-refractivity contribution in [2.45, 2.75) is 33.2 Å². The zero-order chi connectivity index (χ0) is 13.7. The van der Waals surface area contributed by atoms with Gasteiger partial charge in [0.15, 0.2) is 0 Å². The van der Waals surface area contributed by atoms with Crippen LogP contribution in [0.1, 0.15) is 25.0 Å². The summed E-state index contributed by atoms with van der Waals surface area (Å²) in [5, 5.41) is 10.0. The standard InChI is InChI=1S/C14H20ClNO2/c1-4-16(5-2)13(14(17)18)9-11-7-6-10(3)12(15)8-11/h6-8,13H,4-5,9H2,1-3H3,(H,17,18)/t13-/m1/s1. The second-order valence-electron chi connectivity index (χ2n) is 4.36. The molecule has 0 amide bonds. The summed E-state index contributed by atoms with van der Waals surface area (Å²) in [4.78, 5) is 13.3. The molecular formula is C14H20ClNO2. The highest BCUT2D eigenvalue weighted by Crippen LogP contribution is 2.19. The van der Waals surface area contributed by atoms with Crippen LogP contribution in [0, 0.1) is 6.92 Å². The Morgan fingerprint density at radius 2 is 2.00 bits per heavy atom. The highest BCUT2D eigenvalue weighted by molar-refractivity contribution is 6.31. The summed E-state index contributed by atoms with van der Waals surface area (Å²) < 4.78 is 0. The second kappa shape index (κ2) is 6.76. The van der Waals surface area contributed by atoms with Gasteiger partial charge in [-0.05, 0) is 43.6 Å². The van der Waals surface area contributed by atoms with Crippen LogP contribution in [0.2, 0.25) is 5.02 Å². The molecule has 1 aromatic rings. The number of carboxylic acid groups (broad SMARTS) is 1. The number of hydrogen-bond acceptors (Lipinski definition) is 2. The molecule has 1 atom stereocenters. The van der Waals surface area contributed by atoms with Crippen molar-refractivity contribution < 1.29 is 9.90 Å². The summed E-state index contributed by atoms with van der Waals surface area (Å²) >= 11 is 6.06. The fourth-order valence-corrected chi connectivity index (χ4v) is 2.23. The summed E-state index contributed by atoms with van der Waals surface area (Å²) in [6.45, 7) is 7.34. The number of likely N-dealkylation sites (N-methyl/N-ethyl adjacent to an activating group) is 1. The Kier molecular flexibility index (Phi) is 5.63. The van der Waals surface area contributed by atoms with Gasteiger partial charge in [-0.2, -0.15) is 0 Å². The molecule has 0 heterocycles. The molecule has 0 aliphatic heterocycles. The van der Waals surface area contributed by atoms with Crippen LogP contribution in [0.25, 0.3) is 0 Å². The third kappa shape index (κ3) is 3.72. The van der Waals surface area contributed by atoms with Crippen molar-refractivity contribution in [2.24, 2.45) is 0 Å². The summed E-state index contributed by atoms with van der Waals surface area (Å²) in [6, 6.07) is 5.24. The first-order valence-corrected chi connectivity index (χ1v) is 6.59. The molecule has 18 heavy (non-hydrogen) atoms. The summed E-state index contributed by atoms with van der Waals surface area (Å²) in [6.07, 6.45) is 0.483. The summed E-state index contributed by atoms with van der Waals surface area (Å²) in [5.41, 5.74) is 1.97. The smallest absolute Gasteiger partial charge is 0.321 e. The van der Waals surface area contributed by atoms with Gasteiger partial charge in [0.25, 0.3) is 0 Å². The number of carbonyl (C=O) groups is 1. The van der Waals surface area contributed by atoms with E-state index < -0.39 is 12.0 Å². The van der Waals surface area contributed by atoms with Gasteiger partial charge in [0.2, 0.25) is 0 Å². The maximum absolute atomic E-state index is 11.3. The molecule has 0 aliphatic rings. The number of rotatable bonds is 6. The lowest BCUT2D eigenvalue weighted by atomic mass is 10.0. The van der Waals surface area contributed by atoms with Gasteiger partial charge in [0, 0.05) is 5.02 Å². The van der Waals surface area contributed by atoms with E-state index in [0.717, 1.165) is 24.2 Å². The SMILES string of the molecule is CCN(CC)[C@H](Cc1ccc(C)c(Cl)c1)C(=O)O. The molecule has 0 fully saturated rings. The molecule has 0 radical (unpaired) electrons. The molecule has 0 saturated heterocycles. The predicted octanol–water partition coefficient (Wildman–Crippen LogP) is 2.99. The predicted molar refractivity (Wildman–Crippen MR) is 74.2 cm³/mol. The Balaban J connectivity index is 2.89. The van der Waals surface area contributed by atoms with E-state index in [1.54, 1.807) is 0 Å². The van der Waals surface area contributed by atoms with Crippen molar-refractivity contribution in [3.8, 4) is 0 Å². The minimum absolute atomic E-state index is 0.483. The monoisotopic (exact) mass is 269 g/mol. The van der Waals surface area contributed by atoms with Gasteiger partial charge in [-0.15, -0.1) is 0 Å². The maximum Gasteiger partial charge on any atom is 0.321 e. The fourth-order valence-electron chi connectivity index (χ4n) is 2.02. The van der Waals surface area contributed by atoms with Crippen molar-refractivity contribution in [1.82, 2.24) is 4.90 Å². The average Bonchev–Trinajstić information content (AvgIpc) is 2.33. The summed E-state index contributed by atoms with van der Waals surface area (Å²) in [7, 11) is 0. The molecule has 1 N–H and O–H groups in total. The van der Waals surface area contributed by atoms with E-state index in [1.165, 1.54) is 0 Å². The zero-order valence-corrected chi connectivity index (χ0v) is 11.9.